The molecule has 0 aliphatic carbocycles. The number of rotatable bonds is 3. The van der Waals surface area contributed by atoms with Gasteiger partial charge >= 0.3 is 12.1 Å². The van der Waals surface area contributed by atoms with E-state index in [9.17, 15) is 23.1 Å². The topological polar surface area (TPSA) is 46.5 Å². The highest BCUT2D eigenvalue weighted by Gasteiger charge is 2.32. The summed E-state index contributed by atoms with van der Waals surface area (Å²) in [6.45, 7) is 0. The van der Waals surface area contributed by atoms with E-state index in [4.69, 9.17) is 4.74 Å². The van der Waals surface area contributed by atoms with Gasteiger partial charge in [0.15, 0.2) is 11.5 Å². The zero-order valence-corrected chi connectivity index (χ0v) is 15.5. The van der Waals surface area contributed by atoms with Crippen LogP contribution in [-0.2, 0) is 15.7 Å². The van der Waals surface area contributed by atoms with Crippen LogP contribution in [0.15, 0.2) is 90.4 Å². The summed E-state index contributed by atoms with van der Waals surface area (Å²) in [6.07, 6.45) is -3.29. The Balaban J connectivity index is 1.66. The van der Waals surface area contributed by atoms with E-state index in [1.165, 1.54) is 18.2 Å². The molecule has 0 saturated carbocycles. The Labute approximate surface area is 170 Å². The van der Waals surface area contributed by atoms with Gasteiger partial charge in [0, 0.05) is 0 Å². The smallest absolute Gasteiger partial charge is 0.416 e. The molecule has 30 heavy (non-hydrogen) atoms. The molecule has 0 radical (unpaired) electrons. The molecule has 1 aliphatic heterocycles. The van der Waals surface area contributed by atoms with Crippen molar-refractivity contribution < 1.29 is 27.8 Å². The first-order chi connectivity index (χ1) is 14.3. The lowest BCUT2D eigenvalue weighted by atomic mass is 10.00. The summed E-state index contributed by atoms with van der Waals surface area (Å²) in [5.74, 6) is -1.37. The second-order valence-corrected chi connectivity index (χ2v) is 6.69. The average Bonchev–Trinajstić information content (AvgIpc) is 3.01. The number of alkyl halides is 3. The van der Waals surface area contributed by atoms with Crippen LogP contribution in [0.25, 0.3) is 22.8 Å². The van der Waals surface area contributed by atoms with Crippen LogP contribution >= 0.6 is 0 Å². The molecule has 3 aromatic carbocycles. The van der Waals surface area contributed by atoms with Gasteiger partial charge in [0.1, 0.15) is 5.57 Å². The highest BCUT2D eigenvalue weighted by Crippen LogP contribution is 2.35. The summed E-state index contributed by atoms with van der Waals surface area (Å²) in [7, 11) is 0. The summed E-state index contributed by atoms with van der Waals surface area (Å²) in [5, 5.41) is 10.5. The number of benzene rings is 3. The van der Waals surface area contributed by atoms with E-state index in [0.29, 0.717) is 5.56 Å². The minimum absolute atomic E-state index is 0.0344. The Morgan fingerprint density at radius 2 is 1.43 bits per heavy atom. The van der Waals surface area contributed by atoms with E-state index in [0.717, 1.165) is 23.3 Å². The van der Waals surface area contributed by atoms with Gasteiger partial charge in [-0.05, 0) is 40.5 Å². The number of carbonyl (C=O) groups is 1. The van der Waals surface area contributed by atoms with Crippen LogP contribution in [0.2, 0.25) is 0 Å². The van der Waals surface area contributed by atoms with Gasteiger partial charge in [-0.25, -0.2) is 4.79 Å². The van der Waals surface area contributed by atoms with Crippen molar-refractivity contribution >= 4 is 17.6 Å². The van der Waals surface area contributed by atoms with Crippen LogP contribution in [-0.4, -0.2) is 11.1 Å². The summed E-state index contributed by atoms with van der Waals surface area (Å²) < 4.78 is 43.8. The summed E-state index contributed by atoms with van der Waals surface area (Å²) in [4.78, 5) is 12.3. The minimum Gasteiger partial charge on any atom is -0.504 e. The zero-order valence-electron chi connectivity index (χ0n) is 15.5. The third-order valence-corrected chi connectivity index (χ3v) is 4.67. The molecule has 6 heteroatoms. The largest absolute Gasteiger partial charge is 0.504 e. The van der Waals surface area contributed by atoms with Crippen molar-refractivity contribution in [1.29, 1.82) is 0 Å². The SMILES string of the molecule is O=C1O/C(=C\c2cccc(C(F)(F)F)c2)C(O)=C1c1ccc(-c2ccccc2)cc1. The number of esters is 1. The van der Waals surface area contributed by atoms with Gasteiger partial charge in [0.2, 0.25) is 0 Å². The number of ether oxygens (including phenoxy) is 1. The van der Waals surface area contributed by atoms with Gasteiger partial charge in [-0.2, -0.15) is 13.2 Å². The first-order valence-electron chi connectivity index (χ1n) is 9.03. The number of halogens is 3. The van der Waals surface area contributed by atoms with Gasteiger partial charge in [-0.1, -0.05) is 66.7 Å². The van der Waals surface area contributed by atoms with Crippen molar-refractivity contribution in [3.8, 4) is 11.1 Å². The standard InChI is InChI=1S/C24H15F3O3/c25-24(26,27)19-8-4-5-15(13-19)14-20-22(28)21(23(29)30-20)18-11-9-17(10-12-18)16-6-2-1-3-7-16/h1-14,28H/b20-14-. The minimum atomic E-state index is -4.50. The quantitative estimate of drug-likeness (QED) is 0.522. The number of aliphatic hydroxyl groups excluding tert-OH is 1. The summed E-state index contributed by atoms with van der Waals surface area (Å²) in [5.41, 5.74) is 1.67. The van der Waals surface area contributed by atoms with Gasteiger partial charge < -0.3 is 9.84 Å². The maximum atomic E-state index is 12.9. The molecule has 1 aliphatic rings. The molecule has 3 nitrogen and oxygen atoms in total. The molecule has 0 bridgehead atoms. The fraction of sp³-hybridized carbons (Fsp3) is 0.0417. The van der Waals surface area contributed by atoms with Crippen LogP contribution in [0.5, 0.6) is 0 Å². The van der Waals surface area contributed by atoms with E-state index in [-0.39, 0.29) is 16.9 Å². The average molecular weight is 408 g/mol. The molecule has 0 amide bonds. The molecule has 0 aromatic heterocycles. The summed E-state index contributed by atoms with van der Waals surface area (Å²) >= 11 is 0. The van der Waals surface area contributed by atoms with Gasteiger partial charge in [0.05, 0.1) is 5.56 Å². The fourth-order valence-corrected chi connectivity index (χ4v) is 3.19. The Kier molecular flexibility index (Phi) is 4.91. The van der Waals surface area contributed by atoms with E-state index < -0.39 is 23.5 Å². The van der Waals surface area contributed by atoms with Crippen molar-refractivity contribution in [3.05, 3.63) is 107 Å². The lowest BCUT2D eigenvalue weighted by Gasteiger charge is -2.07. The van der Waals surface area contributed by atoms with Crippen LogP contribution in [0, 0.1) is 0 Å². The number of hydrogen-bond acceptors (Lipinski definition) is 3. The van der Waals surface area contributed by atoms with Crippen molar-refractivity contribution in [1.82, 2.24) is 0 Å². The van der Waals surface area contributed by atoms with Crippen LogP contribution < -0.4 is 0 Å². The van der Waals surface area contributed by atoms with Crippen molar-refractivity contribution in [2.45, 2.75) is 6.18 Å². The lowest BCUT2D eigenvalue weighted by molar-refractivity contribution is -0.137. The Morgan fingerprint density at radius 3 is 2.10 bits per heavy atom. The first kappa shape index (κ1) is 19.5. The zero-order chi connectivity index (χ0) is 21.3. The van der Waals surface area contributed by atoms with E-state index in [2.05, 4.69) is 0 Å². The van der Waals surface area contributed by atoms with Gasteiger partial charge in [-0.15, -0.1) is 0 Å². The Morgan fingerprint density at radius 1 is 0.800 bits per heavy atom. The number of cyclic esters (lactones) is 1. The predicted octanol–water partition coefficient (Wildman–Crippen LogP) is 6.24. The van der Waals surface area contributed by atoms with E-state index >= 15 is 0 Å². The van der Waals surface area contributed by atoms with Crippen LogP contribution in [0.4, 0.5) is 13.2 Å². The maximum Gasteiger partial charge on any atom is 0.416 e. The molecule has 0 fully saturated rings. The van der Waals surface area contributed by atoms with E-state index in [1.807, 2.05) is 42.5 Å². The molecule has 0 spiro atoms. The van der Waals surface area contributed by atoms with Crippen molar-refractivity contribution in [2.24, 2.45) is 0 Å². The highest BCUT2D eigenvalue weighted by atomic mass is 19.4. The molecular formula is C24H15F3O3. The fourth-order valence-electron chi connectivity index (χ4n) is 3.19. The van der Waals surface area contributed by atoms with Crippen LogP contribution in [0.3, 0.4) is 0 Å². The van der Waals surface area contributed by atoms with Crippen molar-refractivity contribution in [3.63, 3.8) is 0 Å². The molecular weight excluding hydrogens is 393 g/mol. The third kappa shape index (κ3) is 3.85. The predicted molar refractivity (Wildman–Crippen MR) is 107 cm³/mol. The van der Waals surface area contributed by atoms with Crippen molar-refractivity contribution in [2.75, 3.05) is 0 Å². The van der Waals surface area contributed by atoms with E-state index in [1.54, 1.807) is 12.1 Å². The monoisotopic (exact) mass is 408 g/mol. The molecule has 3 aromatic rings. The first-order valence-corrected chi connectivity index (χ1v) is 9.03. The Bertz CT molecular complexity index is 1160. The second-order valence-electron chi connectivity index (χ2n) is 6.69. The van der Waals surface area contributed by atoms with Gasteiger partial charge in [-0.3, -0.25) is 0 Å². The number of aliphatic hydroxyl groups is 1. The molecule has 0 saturated heterocycles. The second kappa shape index (κ2) is 7.55. The molecule has 1 N–H and O–H groups in total. The number of carbonyl (C=O) groups excluding carboxylic acids is 1. The van der Waals surface area contributed by atoms with Gasteiger partial charge in [0.25, 0.3) is 0 Å². The Hall–Kier alpha value is -3.80. The number of hydrogen-bond donors (Lipinski definition) is 1. The molecule has 150 valence electrons. The molecule has 0 atom stereocenters. The molecule has 4 rings (SSSR count). The lowest BCUT2D eigenvalue weighted by Crippen LogP contribution is -2.04. The molecule has 1 heterocycles. The normalized spacial score (nSPS) is 15.6. The third-order valence-electron chi connectivity index (χ3n) is 4.67. The summed E-state index contributed by atoms with van der Waals surface area (Å²) in [6, 6.07) is 21.2. The highest BCUT2D eigenvalue weighted by molar-refractivity contribution is 6.21. The van der Waals surface area contributed by atoms with Crippen LogP contribution in [0.1, 0.15) is 16.7 Å². The molecule has 0 unspecified atom stereocenters. The maximum absolute atomic E-state index is 12.9.